The molecule has 100 valence electrons. The van der Waals surface area contributed by atoms with Gasteiger partial charge < -0.3 is 15.2 Å². The topological polar surface area (TPSA) is 58.6 Å². The second kappa shape index (κ2) is 7.71. The van der Waals surface area contributed by atoms with E-state index < -0.39 is 0 Å². The fourth-order valence-corrected chi connectivity index (χ4v) is 1.67. The number of rotatable bonds is 7. The van der Waals surface area contributed by atoms with Crippen LogP contribution in [0.3, 0.4) is 0 Å². The van der Waals surface area contributed by atoms with Crippen LogP contribution in [0.25, 0.3) is 0 Å². The lowest BCUT2D eigenvalue weighted by molar-refractivity contribution is -0.123. The molecule has 0 spiro atoms. The molecule has 2 unspecified atom stereocenters. The molecule has 2 N–H and O–H groups in total. The fourth-order valence-electron chi connectivity index (χ4n) is 1.67. The summed E-state index contributed by atoms with van der Waals surface area (Å²) in [5, 5.41) is 12.0. The van der Waals surface area contributed by atoms with Crippen LogP contribution in [-0.2, 0) is 4.79 Å². The lowest BCUT2D eigenvalue weighted by Crippen LogP contribution is -2.33. The van der Waals surface area contributed by atoms with Crippen molar-refractivity contribution < 1.29 is 14.6 Å². The average Bonchev–Trinajstić information content (AvgIpc) is 2.34. The molecule has 1 amide bonds. The van der Waals surface area contributed by atoms with E-state index in [9.17, 15) is 9.90 Å². The summed E-state index contributed by atoms with van der Waals surface area (Å²) in [4.78, 5) is 11.5. The third-order valence-electron chi connectivity index (χ3n) is 2.50. The zero-order valence-electron chi connectivity index (χ0n) is 10.9. The van der Waals surface area contributed by atoms with Crippen LogP contribution in [0.4, 0.5) is 0 Å². The summed E-state index contributed by atoms with van der Waals surface area (Å²) in [7, 11) is 0. The normalized spacial score (nSPS) is 13.7. The number of carbonyl (C=O) groups is 1. The minimum atomic E-state index is -0.336. The van der Waals surface area contributed by atoms with E-state index in [1.807, 2.05) is 37.3 Å². The summed E-state index contributed by atoms with van der Waals surface area (Å²) in [6.07, 6.45) is 0.345. The zero-order valence-corrected chi connectivity index (χ0v) is 10.9. The Labute approximate surface area is 108 Å². The van der Waals surface area contributed by atoms with Crippen LogP contribution < -0.4 is 10.1 Å². The minimum Gasteiger partial charge on any atom is -0.484 e. The van der Waals surface area contributed by atoms with Gasteiger partial charge in [-0.3, -0.25) is 4.79 Å². The molecule has 0 radical (unpaired) electrons. The monoisotopic (exact) mass is 251 g/mol. The predicted molar refractivity (Wildman–Crippen MR) is 70.4 cm³/mol. The Morgan fingerprint density at radius 1 is 1.33 bits per heavy atom. The van der Waals surface area contributed by atoms with Crippen LogP contribution in [0.1, 0.15) is 20.3 Å². The highest BCUT2D eigenvalue weighted by Crippen LogP contribution is 2.08. The second-order valence-electron chi connectivity index (χ2n) is 4.60. The quantitative estimate of drug-likeness (QED) is 0.773. The maximum Gasteiger partial charge on any atom is 0.257 e. The molecule has 2 atom stereocenters. The molecule has 18 heavy (non-hydrogen) atoms. The Bertz CT molecular complexity index is 351. The number of benzene rings is 1. The van der Waals surface area contributed by atoms with Crippen molar-refractivity contribution in [3.05, 3.63) is 30.3 Å². The van der Waals surface area contributed by atoms with Crippen LogP contribution in [0.2, 0.25) is 0 Å². The van der Waals surface area contributed by atoms with E-state index in [1.54, 1.807) is 6.92 Å². The second-order valence-corrected chi connectivity index (χ2v) is 4.60. The number of carbonyl (C=O) groups excluding carboxylic acids is 1. The first-order valence-electron chi connectivity index (χ1n) is 6.20. The summed E-state index contributed by atoms with van der Waals surface area (Å²) >= 11 is 0. The lowest BCUT2D eigenvalue weighted by atomic mass is 10.1. The highest BCUT2D eigenvalue weighted by Gasteiger charge is 2.08. The van der Waals surface area contributed by atoms with Crippen LogP contribution in [-0.4, -0.2) is 30.3 Å². The van der Waals surface area contributed by atoms with Gasteiger partial charge in [-0.1, -0.05) is 25.1 Å². The molecule has 4 heteroatoms. The Morgan fingerprint density at radius 3 is 2.61 bits per heavy atom. The van der Waals surface area contributed by atoms with Crippen molar-refractivity contribution in [2.75, 3.05) is 13.2 Å². The first kappa shape index (κ1) is 14.5. The maximum absolute atomic E-state index is 11.5. The number of ether oxygens (including phenoxy) is 1. The van der Waals surface area contributed by atoms with Gasteiger partial charge in [0.15, 0.2) is 6.61 Å². The Hall–Kier alpha value is -1.55. The highest BCUT2D eigenvalue weighted by atomic mass is 16.5. The molecule has 0 aliphatic carbocycles. The van der Waals surface area contributed by atoms with Crippen molar-refractivity contribution in [1.82, 2.24) is 5.32 Å². The molecule has 0 aliphatic heterocycles. The van der Waals surface area contributed by atoms with Gasteiger partial charge in [-0.2, -0.15) is 0 Å². The summed E-state index contributed by atoms with van der Waals surface area (Å²) in [6, 6.07) is 9.23. The number of nitrogens with one attached hydrogen (secondary N) is 1. The predicted octanol–water partition coefficient (Wildman–Crippen LogP) is 1.59. The van der Waals surface area contributed by atoms with Crippen LogP contribution >= 0.6 is 0 Å². The molecule has 0 aromatic heterocycles. The number of aliphatic hydroxyl groups is 1. The van der Waals surface area contributed by atoms with Gasteiger partial charge in [0.05, 0.1) is 6.10 Å². The van der Waals surface area contributed by atoms with Crippen LogP contribution in [0.5, 0.6) is 5.75 Å². The van der Waals surface area contributed by atoms with E-state index in [0.29, 0.717) is 18.7 Å². The maximum atomic E-state index is 11.5. The SMILES string of the molecule is CC(O)CC(C)CNC(=O)COc1ccccc1. The van der Waals surface area contributed by atoms with Crippen molar-refractivity contribution in [3.63, 3.8) is 0 Å². The summed E-state index contributed by atoms with van der Waals surface area (Å²) in [6.45, 7) is 4.31. The average molecular weight is 251 g/mol. The van der Waals surface area contributed by atoms with E-state index >= 15 is 0 Å². The van der Waals surface area contributed by atoms with Gasteiger partial charge in [0, 0.05) is 6.54 Å². The Morgan fingerprint density at radius 2 is 2.00 bits per heavy atom. The summed E-state index contributed by atoms with van der Waals surface area (Å²) < 4.78 is 5.32. The van der Waals surface area contributed by atoms with Crippen molar-refractivity contribution in [2.45, 2.75) is 26.4 Å². The molecule has 1 aromatic rings. The van der Waals surface area contributed by atoms with Gasteiger partial charge in [0.2, 0.25) is 0 Å². The number of aliphatic hydroxyl groups excluding tert-OH is 1. The molecule has 0 bridgehead atoms. The van der Waals surface area contributed by atoms with Gasteiger partial charge in [-0.25, -0.2) is 0 Å². The number of hydrogen-bond acceptors (Lipinski definition) is 3. The van der Waals surface area contributed by atoms with Crippen molar-refractivity contribution in [1.29, 1.82) is 0 Å². The number of hydrogen-bond donors (Lipinski definition) is 2. The van der Waals surface area contributed by atoms with Gasteiger partial charge in [-0.15, -0.1) is 0 Å². The smallest absolute Gasteiger partial charge is 0.257 e. The Kier molecular flexibility index (Phi) is 6.22. The molecule has 1 rings (SSSR count). The van der Waals surface area contributed by atoms with E-state index in [2.05, 4.69) is 5.32 Å². The molecular weight excluding hydrogens is 230 g/mol. The van der Waals surface area contributed by atoms with Crippen LogP contribution in [0.15, 0.2) is 30.3 Å². The van der Waals surface area contributed by atoms with Gasteiger partial charge >= 0.3 is 0 Å². The zero-order chi connectivity index (χ0) is 13.4. The van der Waals surface area contributed by atoms with Gasteiger partial charge in [-0.05, 0) is 31.4 Å². The first-order chi connectivity index (χ1) is 8.58. The highest BCUT2D eigenvalue weighted by molar-refractivity contribution is 5.77. The third-order valence-corrected chi connectivity index (χ3v) is 2.50. The largest absolute Gasteiger partial charge is 0.484 e. The van der Waals surface area contributed by atoms with E-state index in [-0.39, 0.29) is 24.5 Å². The van der Waals surface area contributed by atoms with Crippen molar-refractivity contribution in [2.24, 2.45) is 5.92 Å². The first-order valence-corrected chi connectivity index (χ1v) is 6.20. The van der Waals surface area contributed by atoms with Crippen molar-refractivity contribution >= 4 is 5.91 Å². The number of amides is 1. The lowest BCUT2D eigenvalue weighted by Gasteiger charge is -2.14. The Balaban J connectivity index is 2.18. The molecule has 0 fully saturated rings. The standard InChI is InChI=1S/C14H21NO3/c1-11(8-12(2)16)9-15-14(17)10-18-13-6-4-3-5-7-13/h3-7,11-12,16H,8-10H2,1-2H3,(H,15,17). The molecule has 4 nitrogen and oxygen atoms in total. The molecule has 0 saturated carbocycles. The van der Waals surface area contributed by atoms with Crippen LogP contribution in [0, 0.1) is 5.92 Å². The summed E-state index contributed by atoms with van der Waals surface area (Å²) in [5.74, 6) is 0.798. The third kappa shape index (κ3) is 6.25. The minimum absolute atomic E-state index is 0.0193. The van der Waals surface area contributed by atoms with E-state index in [0.717, 1.165) is 0 Å². The summed E-state index contributed by atoms with van der Waals surface area (Å²) in [5.41, 5.74) is 0. The van der Waals surface area contributed by atoms with E-state index in [4.69, 9.17) is 4.74 Å². The van der Waals surface area contributed by atoms with Crippen molar-refractivity contribution in [3.8, 4) is 5.75 Å². The van der Waals surface area contributed by atoms with E-state index in [1.165, 1.54) is 0 Å². The molecule has 0 aliphatic rings. The van der Waals surface area contributed by atoms with Gasteiger partial charge in [0.25, 0.3) is 5.91 Å². The molecule has 1 aromatic carbocycles. The molecular formula is C14H21NO3. The molecule has 0 heterocycles. The fraction of sp³-hybridized carbons (Fsp3) is 0.500. The molecule has 0 saturated heterocycles. The number of para-hydroxylation sites is 1. The van der Waals surface area contributed by atoms with Gasteiger partial charge in [0.1, 0.15) is 5.75 Å².